The first-order chi connectivity index (χ1) is 11.2. The molecule has 1 aliphatic heterocycles. The van der Waals surface area contributed by atoms with Crippen molar-refractivity contribution in [2.24, 2.45) is 0 Å². The van der Waals surface area contributed by atoms with E-state index in [9.17, 15) is 14.7 Å². The van der Waals surface area contributed by atoms with Gasteiger partial charge in [-0.1, -0.05) is 30.3 Å². The highest BCUT2D eigenvalue weighted by Crippen LogP contribution is 2.45. The smallest absolute Gasteiger partial charge is 0.322 e. The lowest BCUT2D eigenvalue weighted by atomic mass is 10.0. The molecule has 140 valence electrons. The molecular weight excluding hydrogens is 387 g/mol. The Balaban J connectivity index is 0.00000312. The van der Waals surface area contributed by atoms with Crippen molar-refractivity contribution in [3.05, 3.63) is 29.3 Å². The number of amides is 1. The number of rotatable bonds is 6. The molecule has 2 rings (SSSR count). The molecule has 0 aliphatic carbocycles. The van der Waals surface area contributed by atoms with Crippen LogP contribution >= 0.6 is 35.8 Å². The Kier molecular flexibility index (Phi) is 7.43. The molecule has 25 heavy (non-hydrogen) atoms. The summed E-state index contributed by atoms with van der Waals surface area (Å²) < 4.78 is 5.43. The van der Waals surface area contributed by atoms with Crippen LogP contribution in [0.3, 0.4) is 0 Å². The molecule has 1 aliphatic rings. The van der Waals surface area contributed by atoms with Gasteiger partial charge < -0.3 is 15.2 Å². The second-order valence-electron chi connectivity index (χ2n) is 6.06. The number of carboxylic acids is 1. The van der Waals surface area contributed by atoms with Crippen LogP contribution in [0.1, 0.15) is 27.2 Å². The van der Waals surface area contributed by atoms with Crippen molar-refractivity contribution in [2.75, 3.05) is 6.54 Å². The van der Waals surface area contributed by atoms with Crippen LogP contribution in [-0.4, -0.2) is 39.4 Å². The van der Waals surface area contributed by atoms with Gasteiger partial charge in [-0.25, -0.2) is 0 Å². The van der Waals surface area contributed by atoms with Crippen LogP contribution in [0.25, 0.3) is 0 Å². The largest absolute Gasteiger partial charge is 0.480 e. The number of thioether (sulfide) groups is 1. The van der Waals surface area contributed by atoms with Gasteiger partial charge in [0.15, 0.2) is 0 Å². The normalized spacial score (nSPS) is 24.2. The fraction of sp³-hybridized carbons (Fsp3) is 0.500. The molecular formula is C16H22Cl2N2O4S. The molecule has 0 saturated carbocycles. The number of aliphatic carboxylic acids is 1. The predicted octanol–water partition coefficient (Wildman–Crippen LogP) is 2.89. The molecule has 1 aromatic rings. The van der Waals surface area contributed by atoms with Crippen molar-refractivity contribution in [1.29, 1.82) is 0 Å². The van der Waals surface area contributed by atoms with E-state index < -0.39 is 21.8 Å². The highest BCUT2D eigenvalue weighted by Gasteiger charge is 2.55. The van der Waals surface area contributed by atoms with Crippen LogP contribution < -0.4 is 15.4 Å². The predicted molar refractivity (Wildman–Crippen MR) is 102 cm³/mol. The van der Waals surface area contributed by atoms with E-state index in [1.165, 1.54) is 11.8 Å². The monoisotopic (exact) mass is 408 g/mol. The lowest BCUT2D eigenvalue weighted by Gasteiger charge is -2.31. The first-order valence-corrected chi connectivity index (χ1v) is 8.79. The quantitative estimate of drug-likeness (QED) is 0.670. The van der Waals surface area contributed by atoms with E-state index in [4.69, 9.17) is 16.3 Å². The maximum atomic E-state index is 11.6. The van der Waals surface area contributed by atoms with Crippen LogP contribution in [0, 0.1) is 0 Å². The van der Waals surface area contributed by atoms with E-state index in [1.54, 1.807) is 31.2 Å². The molecule has 9 heteroatoms. The van der Waals surface area contributed by atoms with Crippen LogP contribution in [0.2, 0.25) is 5.02 Å². The van der Waals surface area contributed by atoms with Gasteiger partial charge in [-0.15, -0.1) is 12.4 Å². The lowest BCUT2D eigenvalue weighted by molar-refractivity contribution is -0.140. The molecule has 3 N–H and O–H groups in total. The van der Waals surface area contributed by atoms with Crippen LogP contribution in [0.4, 0.5) is 0 Å². The van der Waals surface area contributed by atoms with Crippen molar-refractivity contribution < 1.29 is 19.4 Å². The minimum Gasteiger partial charge on any atom is -0.480 e. The minimum atomic E-state index is -1.08. The maximum absolute atomic E-state index is 11.6. The Morgan fingerprint density at radius 3 is 2.44 bits per heavy atom. The number of halogens is 2. The van der Waals surface area contributed by atoms with Crippen LogP contribution in [0.5, 0.6) is 5.75 Å². The second-order valence-corrected chi connectivity index (χ2v) is 8.41. The number of hydrogen-bond donors (Lipinski definition) is 3. The Hall–Kier alpha value is -1.15. The summed E-state index contributed by atoms with van der Waals surface area (Å²) in [6.45, 7) is 5.55. The summed E-state index contributed by atoms with van der Waals surface area (Å²) in [7, 11) is 0. The average Bonchev–Trinajstić information content (AvgIpc) is 2.79. The Morgan fingerprint density at radius 1 is 1.36 bits per heavy atom. The molecule has 1 aromatic carbocycles. The number of ether oxygens (including phenoxy) is 1. The van der Waals surface area contributed by atoms with Crippen molar-refractivity contribution in [1.82, 2.24) is 10.6 Å². The number of hydrogen-bond acceptors (Lipinski definition) is 5. The van der Waals surface area contributed by atoms with E-state index in [0.717, 1.165) is 0 Å². The average molecular weight is 409 g/mol. The summed E-state index contributed by atoms with van der Waals surface area (Å²) in [5, 5.41) is 14.8. The Morgan fingerprint density at radius 2 is 1.96 bits per heavy atom. The molecule has 2 atom stereocenters. The van der Waals surface area contributed by atoms with Gasteiger partial charge in [0.1, 0.15) is 11.8 Å². The number of carbonyl (C=O) groups excluding carboxylic acids is 1. The standard InChI is InChI=1S/C16H21ClN2O4S.ClH/c1-4-12(20)18-9-16(23-11-7-5-10(17)6-8-11)19-13(14(21)22)15(2,3)24-16;/h5-8,13,19H,4,9H2,1-3H3,(H,18,20)(H,21,22);1H. The number of carbonyl (C=O) groups is 2. The number of nitrogens with one attached hydrogen (secondary N) is 2. The van der Waals surface area contributed by atoms with Gasteiger partial charge in [-0.05, 0) is 38.1 Å². The summed E-state index contributed by atoms with van der Waals surface area (Å²) in [5.74, 6) is -0.559. The van der Waals surface area contributed by atoms with E-state index >= 15 is 0 Å². The third-order valence-electron chi connectivity index (χ3n) is 3.67. The van der Waals surface area contributed by atoms with Crippen molar-refractivity contribution in [3.8, 4) is 5.75 Å². The van der Waals surface area contributed by atoms with E-state index in [-0.39, 0.29) is 24.9 Å². The summed E-state index contributed by atoms with van der Waals surface area (Å²) in [4.78, 5) is 23.2. The molecule has 0 bridgehead atoms. The summed E-state index contributed by atoms with van der Waals surface area (Å²) in [5.41, 5.74) is 0. The summed E-state index contributed by atoms with van der Waals surface area (Å²) >= 11 is 7.22. The van der Waals surface area contributed by atoms with Gasteiger partial charge >= 0.3 is 5.97 Å². The van der Waals surface area contributed by atoms with Crippen molar-refractivity contribution in [3.63, 3.8) is 0 Å². The zero-order valence-corrected chi connectivity index (χ0v) is 16.6. The van der Waals surface area contributed by atoms with Gasteiger partial charge in [-0.2, -0.15) is 0 Å². The fourth-order valence-electron chi connectivity index (χ4n) is 2.47. The van der Waals surface area contributed by atoms with Gasteiger partial charge in [0, 0.05) is 16.2 Å². The minimum absolute atomic E-state index is 0. The fourth-order valence-corrected chi connectivity index (χ4v) is 4.18. The topological polar surface area (TPSA) is 87.7 Å². The number of benzene rings is 1. The van der Waals surface area contributed by atoms with Crippen LogP contribution in [0.15, 0.2) is 24.3 Å². The van der Waals surface area contributed by atoms with Crippen LogP contribution in [-0.2, 0) is 9.59 Å². The Labute approximate surface area is 162 Å². The maximum Gasteiger partial charge on any atom is 0.322 e. The molecule has 1 fully saturated rings. The van der Waals surface area contributed by atoms with E-state index in [0.29, 0.717) is 17.2 Å². The zero-order chi connectivity index (χ0) is 18.0. The highest BCUT2D eigenvalue weighted by atomic mass is 35.5. The highest BCUT2D eigenvalue weighted by molar-refractivity contribution is 8.02. The third-order valence-corrected chi connectivity index (χ3v) is 5.36. The molecule has 1 heterocycles. The molecule has 2 unspecified atom stereocenters. The van der Waals surface area contributed by atoms with E-state index in [2.05, 4.69) is 10.6 Å². The molecule has 0 spiro atoms. The third kappa shape index (κ3) is 5.41. The van der Waals surface area contributed by atoms with Gasteiger partial charge in [0.2, 0.25) is 11.0 Å². The summed E-state index contributed by atoms with van der Waals surface area (Å²) in [6.07, 6.45) is 0.341. The zero-order valence-electron chi connectivity index (χ0n) is 14.2. The number of carboxylic acid groups (broad SMARTS) is 1. The first-order valence-electron chi connectivity index (χ1n) is 7.59. The molecule has 1 saturated heterocycles. The van der Waals surface area contributed by atoms with Crippen molar-refractivity contribution in [2.45, 2.75) is 43.0 Å². The van der Waals surface area contributed by atoms with Gasteiger partial charge in [-0.3, -0.25) is 14.9 Å². The molecule has 0 radical (unpaired) electrons. The second kappa shape index (κ2) is 8.49. The first kappa shape index (κ1) is 21.9. The van der Waals surface area contributed by atoms with Gasteiger partial charge in [0.05, 0.1) is 6.54 Å². The molecule has 1 amide bonds. The van der Waals surface area contributed by atoms with Gasteiger partial charge in [0.25, 0.3) is 0 Å². The Bertz CT molecular complexity index is 627. The van der Waals surface area contributed by atoms with E-state index in [1.807, 2.05) is 13.8 Å². The molecule has 0 aromatic heterocycles. The molecule has 6 nitrogen and oxygen atoms in total. The lowest BCUT2D eigenvalue weighted by Crippen LogP contribution is -2.56. The van der Waals surface area contributed by atoms with Crippen molar-refractivity contribution >= 4 is 47.6 Å². The SMILES string of the molecule is CCC(=O)NCC1(Oc2ccc(Cl)cc2)NC(C(=O)O)C(C)(C)S1.Cl. The summed E-state index contributed by atoms with van der Waals surface area (Å²) in [6, 6.07) is 5.97.